The molecule has 1 fully saturated rings. The summed E-state index contributed by atoms with van der Waals surface area (Å²) in [5, 5.41) is 0. The van der Waals surface area contributed by atoms with Crippen LogP contribution in [0.15, 0.2) is 10.9 Å². The summed E-state index contributed by atoms with van der Waals surface area (Å²) in [4.78, 5) is 42.7. The summed E-state index contributed by atoms with van der Waals surface area (Å²) in [7, 11) is 7.84. The number of carbonyl (C=O) groups is 1. The SMILES string of the molecule is Cc1cc(C)n(C)c(=O)c1C(=O)N1CCCCC1c1nc2c(c(N(C)C)n1)CN(C)CC2. The summed E-state index contributed by atoms with van der Waals surface area (Å²) in [6.07, 6.45) is 3.62. The second-order valence-electron chi connectivity index (χ2n) is 9.43. The molecule has 0 aromatic carbocycles. The molecule has 2 aromatic rings. The number of hydrogen-bond acceptors (Lipinski definition) is 6. The summed E-state index contributed by atoms with van der Waals surface area (Å²) in [5.41, 5.74) is 3.85. The van der Waals surface area contributed by atoms with Crippen LogP contribution in [0.1, 0.15) is 64.0 Å². The lowest BCUT2D eigenvalue weighted by Gasteiger charge is -2.36. The van der Waals surface area contributed by atoms with E-state index >= 15 is 0 Å². The molecule has 4 rings (SSSR count). The molecular formula is C24H34N6O2. The van der Waals surface area contributed by atoms with Crippen molar-refractivity contribution in [2.75, 3.05) is 39.1 Å². The number of nitrogens with zero attached hydrogens (tertiary/aromatic N) is 6. The van der Waals surface area contributed by atoms with Crippen molar-refractivity contribution >= 4 is 11.7 Å². The van der Waals surface area contributed by atoms with Crippen molar-refractivity contribution in [1.29, 1.82) is 0 Å². The first-order chi connectivity index (χ1) is 15.2. The Balaban J connectivity index is 1.77. The lowest BCUT2D eigenvalue weighted by molar-refractivity contribution is 0.0596. The average molecular weight is 439 g/mol. The number of likely N-dealkylation sites (tertiary alicyclic amines) is 1. The van der Waals surface area contributed by atoms with Gasteiger partial charge in [0.15, 0.2) is 5.82 Å². The second-order valence-corrected chi connectivity index (χ2v) is 9.43. The molecule has 0 radical (unpaired) electrons. The largest absolute Gasteiger partial charge is 0.362 e. The maximum Gasteiger partial charge on any atom is 0.263 e. The van der Waals surface area contributed by atoms with Gasteiger partial charge >= 0.3 is 0 Å². The lowest BCUT2D eigenvalue weighted by Crippen LogP contribution is -2.43. The summed E-state index contributed by atoms with van der Waals surface area (Å²) in [6, 6.07) is 1.69. The van der Waals surface area contributed by atoms with Crippen LogP contribution in [0.4, 0.5) is 5.82 Å². The van der Waals surface area contributed by atoms with Crippen LogP contribution in [0.3, 0.4) is 0 Å². The first-order valence-corrected chi connectivity index (χ1v) is 11.4. The highest BCUT2D eigenvalue weighted by Crippen LogP contribution is 2.33. The molecule has 1 unspecified atom stereocenters. The molecule has 1 atom stereocenters. The van der Waals surface area contributed by atoms with Crippen LogP contribution in [0.2, 0.25) is 0 Å². The molecule has 2 aliphatic heterocycles. The van der Waals surface area contributed by atoms with Crippen molar-refractivity contribution in [1.82, 2.24) is 24.3 Å². The standard InChI is InChI=1S/C24H34N6O2/c1-15-13-16(2)29(6)23(31)20(15)24(32)30-11-8-7-9-19(30)21-25-18-10-12-28(5)14-17(18)22(26-21)27(3)4/h13,19H,7-12,14H2,1-6H3. The molecule has 0 saturated carbocycles. The first-order valence-electron chi connectivity index (χ1n) is 11.4. The molecule has 8 heteroatoms. The Morgan fingerprint density at radius 1 is 1.12 bits per heavy atom. The van der Waals surface area contributed by atoms with E-state index in [4.69, 9.17) is 9.97 Å². The quantitative estimate of drug-likeness (QED) is 0.732. The van der Waals surface area contributed by atoms with Gasteiger partial charge in [0, 0.05) is 58.5 Å². The minimum absolute atomic E-state index is 0.208. The molecule has 8 nitrogen and oxygen atoms in total. The van der Waals surface area contributed by atoms with E-state index in [0.29, 0.717) is 12.4 Å². The molecular weight excluding hydrogens is 404 g/mol. The van der Waals surface area contributed by atoms with E-state index in [9.17, 15) is 9.59 Å². The van der Waals surface area contributed by atoms with Crippen molar-refractivity contribution in [3.63, 3.8) is 0 Å². The number of fused-ring (bicyclic) bond motifs is 1. The van der Waals surface area contributed by atoms with E-state index in [1.807, 2.05) is 43.8 Å². The number of rotatable bonds is 3. The van der Waals surface area contributed by atoms with Gasteiger partial charge in [-0.15, -0.1) is 0 Å². The smallest absolute Gasteiger partial charge is 0.263 e. The van der Waals surface area contributed by atoms with Gasteiger partial charge in [-0.2, -0.15) is 0 Å². The molecule has 1 saturated heterocycles. The monoisotopic (exact) mass is 438 g/mol. The first kappa shape index (κ1) is 22.5. The van der Waals surface area contributed by atoms with Gasteiger partial charge in [0.25, 0.3) is 11.5 Å². The van der Waals surface area contributed by atoms with Crippen LogP contribution >= 0.6 is 0 Å². The van der Waals surface area contributed by atoms with Gasteiger partial charge < -0.3 is 19.3 Å². The Hall–Kier alpha value is -2.74. The van der Waals surface area contributed by atoms with E-state index in [-0.39, 0.29) is 23.1 Å². The predicted octanol–water partition coefficient (Wildman–Crippen LogP) is 2.21. The molecule has 4 heterocycles. The molecule has 0 aliphatic carbocycles. The number of hydrogen-bond donors (Lipinski definition) is 0. The van der Waals surface area contributed by atoms with Crippen LogP contribution in [-0.2, 0) is 20.0 Å². The summed E-state index contributed by atoms with van der Waals surface area (Å²) >= 11 is 0. The number of aromatic nitrogens is 3. The van der Waals surface area contributed by atoms with E-state index in [0.717, 1.165) is 61.5 Å². The van der Waals surface area contributed by atoms with Crippen molar-refractivity contribution in [3.8, 4) is 0 Å². The zero-order valence-corrected chi connectivity index (χ0v) is 20.1. The summed E-state index contributed by atoms with van der Waals surface area (Å²) < 4.78 is 1.55. The average Bonchev–Trinajstić information content (AvgIpc) is 2.76. The lowest BCUT2D eigenvalue weighted by atomic mass is 9.98. The number of aryl methyl sites for hydroxylation is 2. The maximum atomic E-state index is 13.7. The van der Waals surface area contributed by atoms with Crippen molar-refractivity contribution in [2.45, 2.75) is 52.1 Å². The molecule has 32 heavy (non-hydrogen) atoms. The summed E-state index contributed by atoms with van der Waals surface area (Å²) in [6.45, 7) is 6.13. The number of likely N-dealkylation sites (N-methyl/N-ethyl adjacent to an activating group) is 1. The van der Waals surface area contributed by atoms with Crippen LogP contribution in [0.25, 0.3) is 0 Å². The molecule has 2 aromatic heterocycles. The fourth-order valence-corrected chi connectivity index (χ4v) is 4.89. The minimum Gasteiger partial charge on any atom is -0.362 e. The zero-order valence-electron chi connectivity index (χ0n) is 20.1. The van der Waals surface area contributed by atoms with E-state index in [1.54, 1.807) is 11.6 Å². The van der Waals surface area contributed by atoms with Gasteiger partial charge in [-0.05, 0) is 51.8 Å². The molecule has 1 amide bonds. The van der Waals surface area contributed by atoms with Gasteiger partial charge in [-0.25, -0.2) is 9.97 Å². The molecule has 0 N–H and O–H groups in total. The number of amides is 1. The maximum absolute atomic E-state index is 13.7. The van der Waals surface area contributed by atoms with Crippen LogP contribution in [-0.4, -0.2) is 64.5 Å². The van der Waals surface area contributed by atoms with Crippen molar-refractivity contribution in [3.05, 3.63) is 50.3 Å². The topological polar surface area (TPSA) is 74.6 Å². The number of carbonyl (C=O) groups excluding carboxylic acids is 1. The Morgan fingerprint density at radius 2 is 1.88 bits per heavy atom. The highest BCUT2D eigenvalue weighted by molar-refractivity contribution is 5.95. The number of pyridine rings is 1. The Bertz CT molecular complexity index is 1110. The third-order valence-electron chi connectivity index (χ3n) is 6.81. The fraction of sp³-hybridized carbons (Fsp3) is 0.583. The van der Waals surface area contributed by atoms with E-state index < -0.39 is 0 Å². The van der Waals surface area contributed by atoms with Crippen LogP contribution in [0, 0.1) is 13.8 Å². The highest BCUT2D eigenvalue weighted by Gasteiger charge is 2.34. The van der Waals surface area contributed by atoms with Gasteiger partial charge in [-0.1, -0.05) is 0 Å². The van der Waals surface area contributed by atoms with Crippen LogP contribution in [0.5, 0.6) is 0 Å². The second kappa shape index (κ2) is 8.65. The van der Waals surface area contributed by atoms with Gasteiger partial charge in [0.1, 0.15) is 11.4 Å². The molecule has 0 bridgehead atoms. The minimum atomic E-state index is -0.236. The third-order valence-corrected chi connectivity index (χ3v) is 6.81. The van der Waals surface area contributed by atoms with Crippen LogP contribution < -0.4 is 10.5 Å². The number of anilines is 1. The highest BCUT2D eigenvalue weighted by atomic mass is 16.2. The van der Waals surface area contributed by atoms with E-state index in [2.05, 4.69) is 11.9 Å². The van der Waals surface area contributed by atoms with E-state index in [1.165, 1.54) is 5.56 Å². The number of piperidine rings is 1. The Kier molecular flexibility index (Phi) is 6.07. The van der Waals surface area contributed by atoms with Gasteiger partial charge in [0.2, 0.25) is 0 Å². The van der Waals surface area contributed by atoms with Crippen molar-refractivity contribution in [2.24, 2.45) is 7.05 Å². The third kappa shape index (κ3) is 3.92. The Labute approximate surface area is 189 Å². The van der Waals surface area contributed by atoms with Crippen molar-refractivity contribution < 1.29 is 4.79 Å². The van der Waals surface area contributed by atoms with Gasteiger partial charge in [0.05, 0.1) is 11.7 Å². The normalized spacial score (nSPS) is 19.1. The Morgan fingerprint density at radius 3 is 2.59 bits per heavy atom. The molecule has 0 spiro atoms. The molecule has 2 aliphatic rings. The predicted molar refractivity (Wildman–Crippen MR) is 125 cm³/mol. The fourth-order valence-electron chi connectivity index (χ4n) is 4.89. The van der Waals surface area contributed by atoms with Gasteiger partial charge in [-0.3, -0.25) is 9.59 Å². The zero-order chi connectivity index (χ0) is 23.2. The summed E-state index contributed by atoms with van der Waals surface area (Å²) in [5.74, 6) is 1.42. The molecule has 172 valence electrons.